The lowest BCUT2D eigenvalue weighted by molar-refractivity contribution is 0.102. The van der Waals surface area contributed by atoms with Crippen LogP contribution < -0.4 is 20.1 Å². The molecular formula is C15H14N2O3. The van der Waals surface area contributed by atoms with Crippen molar-refractivity contribution in [3.8, 4) is 11.5 Å². The molecule has 2 aromatic carbocycles. The highest BCUT2D eigenvalue weighted by atomic mass is 16.7. The first kappa shape index (κ1) is 12.3. The number of carbonyl (C=O) groups excluding carboxylic acids is 1. The zero-order valence-corrected chi connectivity index (χ0v) is 11.0. The second kappa shape index (κ2) is 5.13. The number of para-hydroxylation sites is 1. The largest absolute Gasteiger partial charge is 0.454 e. The first-order chi connectivity index (χ1) is 9.78. The highest BCUT2D eigenvalue weighted by Gasteiger charge is 2.15. The molecule has 1 aliphatic heterocycles. The minimum Gasteiger partial charge on any atom is -0.454 e. The van der Waals surface area contributed by atoms with Gasteiger partial charge in [0, 0.05) is 24.5 Å². The summed E-state index contributed by atoms with van der Waals surface area (Å²) in [7, 11) is 1.78. The summed E-state index contributed by atoms with van der Waals surface area (Å²) in [4.78, 5) is 12.3. The van der Waals surface area contributed by atoms with Gasteiger partial charge in [-0.1, -0.05) is 12.1 Å². The average Bonchev–Trinajstić information content (AvgIpc) is 2.94. The van der Waals surface area contributed by atoms with Crippen molar-refractivity contribution in [2.45, 2.75) is 0 Å². The van der Waals surface area contributed by atoms with Crippen molar-refractivity contribution >= 4 is 17.3 Å². The molecule has 5 heteroatoms. The SMILES string of the molecule is CNc1ccccc1C(=O)Nc1ccc2c(c1)OCO2. The fourth-order valence-corrected chi connectivity index (χ4v) is 2.07. The van der Waals surface area contributed by atoms with Gasteiger partial charge in [-0.2, -0.15) is 0 Å². The molecule has 0 fully saturated rings. The van der Waals surface area contributed by atoms with Crippen molar-refractivity contribution in [1.82, 2.24) is 0 Å². The van der Waals surface area contributed by atoms with Crippen molar-refractivity contribution in [1.29, 1.82) is 0 Å². The third-order valence-electron chi connectivity index (χ3n) is 3.07. The van der Waals surface area contributed by atoms with Crippen molar-refractivity contribution in [3.63, 3.8) is 0 Å². The van der Waals surface area contributed by atoms with E-state index in [1.54, 1.807) is 31.3 Å². The van der Waals surface area contributed by atoms with Gasteiger partial charge in [0.2, 0.25) is 6.79 Å². The van der Waals surface area contributed by atoms with E-state index < -0.39 is 0 Å². The van der Waals surface area contributed by atoms with Crippen molar-refractivity contribution in [3.05, 3.63) is 48.0 Å². The van der Waals surface area contributed by atoms with Crippen molar-refractivity contribution in [2.24, 2.45) is 0 Å². The molecule has 3 rings (SSSR count). The van der Waals surface area contributed by atoms with Crippen LogP contribution in [0.5, 0.6) is 11.5 Å². The molecule has 2 N–H and O–H groups in total. The molecule has 0 spiro atoms. The van der Waals surface area contributed by atoms with Gasteiger partial charge in [0.25, 0.3) is 5.91 Å². The van der Waals surface area contributed by atoms with E-state index in [9.17, 15) is 4.79 Å². The molecule has 20 heavy (non-hydrogen) atoms. The molecule has 5 nitrogen and oxygen atoms in total. The fourth-order valence-electron chi connectivity index (χ4n) is 2.07. The molecule has 0 saturated carbocycles. The van der Waals surface area contributed by atoms with Crippen LogP contribution in [0, 0.1) is 0 Å². The molecule has 0 bridgehead atoms. The number of amides is 1. The Morgan fingerprint density at radius 2 is 1.90 bits per heavy atom. The van der Waals surface area contributed by atoms with Crippen LogP contribution >= 0.6 is 0 Å². The van der Waals surface area contributed by atoms with E-state index in [0.717, 1.165) is 5.69 Å². The van der Waals surface area contributed by atoms with E-state index in [-0.39, 0.29) is 12.7 Å². The maximum absolute atomic E-state index is 12.3. The molecule has 0 saturated heterocycles. The standard InChI is InChI=1S/C15H14N2O3/c1-16-12-5-3-2-4-11(12)15(18)17-10-6-7-13-14(8-10)20-9-19-13/h2-8,16H,9H2,1H3,(H,17,18). The Labute approximate surface area is 116 Å². The van der Waals surface area contributed by atoms with Crippen LogP contribution in [0.3, 0.4) is 0 Å². The summed E-state index contributed by atoms with van der Waals surface area (Å²) in [5, 5.41) is 5.85. The zero-order valence-electron chi connectivity index (χ0n) is 11.0. The number of fused-ring (bicyclic) bond motifs is 1. The maximum Gasteiger partial charge on any atom is 0.257 e. The lowest BCUT2D eigenvalue weighted by Gasteiger charge is -2.10. The summed E-state index contributed by atoms with van der Waals surface area (Å²) in [6.07, 6.45) is 0. The summed E-state index contributed by atoms with van der Waals surface area (Å²) in [5.41, 5.74) is 2.04. The number of hydrogen-bond donors (Lipinski definition) is 2. The third kappa shape index (κ3) is 2.25. The molecule has 2 aromatic rings. The van der Waals surface area contributed by atoms with Gasteiger partial charge < -0.3 is 20.1 Å². The molecule has 1 amide bonds. The number of benzene rings is 2. The second-order valence-electron chi connectivity index (χ2n) is 4.32. The van der Waals surface area contributed by atoms with Crippen molar-refractivity contribution < 1.29 is 14.3 Å². The van der Waals surface area contributed by atoms with Gasteiger partial charge in [0.15, 0.2) is 11.5 Å². The van der Waals surface area contributed by atoms with E-state index in [1.165, 1.54) is 0 Å². The first-order valence-corrected chi connectivity index (χ1v) is 6.26. The van der Waals surface area contributed by atoms with Gasteiger partial charge in [-0.25, -0.2) is 0 Å². The number of anilines is 2. The van der Waals surface area contributed by atoms with Crippen LogP contribution in [0.25, 0.3) is 0 Å². The topological polar surface area (TPSA) is 59.6 Å². The summed E-state index contributed by atoms with van der Waals surface area (Å²) in [5.74, 6) is 1.16. The van der Waals surface area contributed by atoms with Gasteiger partial charge in [0.05, 0.1) is 5.56 Å². The predicted octanol–water partition coefficient (Wildman–Crippen LogP) is 2.71. The molecule has 0 atom stereocenters. The Bertz CT molecular complexity index is 655. The number of carbonyl (C=O) groups is 1. The molecule has 0 unspecified atom stereocenters. The highest BCUT2D eigenvalue weighted by molar-refractivity contribution is 6.08. The number of rotatable bonds is 3. The van der Waals surface area contributed by atoms with Gasteiger partial charge in [-0.05, 0) is 24.3 Å². The quantitative estimate of drug-likeness (QED) is 0.900. The summed E-state index contributed by atoms with van der Waals surface area (Å²) >= 11 is 0. The molecule has 102 valence electrons. The molecule has 0 aromatic heterocycles. The van der Waals surface area contributed by atoms with Gasteiger partial charge in [-0.3, -0.25) is 4.79 Å². The van der Waals surface area contributed by atoms with Crippen LogP contribution in [0.15, 0.2) is 42.5 Å². The summed E-state index contributed by atoms with van der Waals surface area (Å²) in [6, 6.07) is 12.7. The normalized spacial score (nSPS) is 12.1. The molecule has 0 radical (unpaired) electrons. The van der Waals surface area contributed by atoms with Gasteiger partial charge >= 0.3 is 0 Å². The summed E-state index contributed by atoms with van der Waals surface area (Å²) in [6.45, 7) is 0.218. The van der Waals surface area contributed by atoms with Crippen LogP contribution in [0.2, 0.25) is 0 Å². The van der Waals surface area contributed by atoms with Gasteiger partial charge in [-0.15, -0.1) is 0 Å². The molecule has 0 aliphatic carbocycles. The van der Waals surface area contributed by atoms with E-state index >= 15 is 0 Å². The Morgan fingerprint density at radius 1 is 1.10 bits per heavy atom. The minimum atomic E-state index is -0.172. The van der Waals surface area contributed by atoms with Crippen LogP contribution in [0.4, 0.5) is 11.4 Å². The lowest BCUT2D eigenvalue weighted by Crippen LogP contribution is -2.13. The van der Waals surface area contributed by atoms with E-state index in [2.05, 4.69) is 10.6 Å². The van der Waals surface area contributed by atoms with E-state index in [1.807, 2.05) is 18.2 Å². The fraction of sp³-hybridized carbons (Fsp3) is 0.133. The lowest BCUT2D eigenvalue weighted by atomic mass is 10.1. The van der Waals surface area contributed by atoms with E-state index in [0.29, 0.717) is 22.7 Å². The Hall–Kier alpha value is -2.69. The predicted molar refractivity (Wildman–Crippen MR) is 76.5 cm³/mol. The molecule has 1 aliphatic rings. The Kier molecular flexibility index (Phi) is 3.16. The summed E-state index contributed by atoms with van der Waals surface area (Å²) < 4.78 is 10.5. The van der Waals surface area contributed by atoms with Crippen LogP contribution in [0.1, 0.15) is 10.4 Å². The number of hydrogen-bond acceptors (Lipinski definition) is 4. The maximum atomic E-state index is 12.3. The molecular weight excluding hydrogens is 256 g/mol. The monoisotopic (exact) mass is 270 g/mol. The van der Waals surface area contributed by atoms with Crippen molar-refractivity contribution in [2.75, 3.05) is 24.5 Å². The van der Waals surface area contributed by atoms with Gasteiger partial charge in [0.1, 0.15) is 0 Å². The average molecular weight is 270 g/mol. The Balaban J connectivity index is 1.82. The minimum absolute atomic E-state index is 0.172. The van der Waals surface area contributed by atoms with Crippen LogP contribution in [-0.2, 0) is 0 Å². The Morgan fingerprint density at radius 3 is 2.75 bits per heavy atom. The first-order valence-electron chi connectivity index (χ1n) is 6.26. The number of nitrogens with one attached hydrogen (secondary N) is 2. The zero-order chi connectivity index (χ0) is 13.9. The molecule has 1 heterocycles. The third-order valence-corrected chi connectivity index (χ3v) is 3.07. The van der Waals surface area contributed by atoms with Crippen LogP contribution in [-0.4, -0.2) is 19.7 Å². The van der Waals surface area contributed by atoms with E-state index in [4.69, 9.17) is 9.47 Å². The number of ether oxygens (including phenoxy) is 2. The highest BCUT2D eigenvalue weighted by Crippen LogP contribution is 2.34. The second-order valence-corrected chi connectivity index (χ2v) is 4.32. The smallest absolute Gasteiger partial charge is 0.257 e.